The Labute approximate surface area is 144 Å². The molecular formula is C16H24N2O4S2. The first kappa shape index (κ1) is 19.1. The maximum absolute atomic E-state index is 13.1. The lowest BCUT2D eigenvalue weighted by molar-refractivity contribution is 0.00357. The van der Waals surface area contributed by atoms with Gasteiger partial charge < -0.3 is 5.53 Å². The Morgan fingerprint density at radius 1 is 1.17 bits per heavy atom. The summed E-state index contributed by atoms with van der Waals surface area (Å²) in [5.74, 6) is 0. The van der Waals surface area contributed by atoms with Crippen molar-refractivity contribution in [1.29, 1.82) is 0 Å². The van der Waals surface area contributed by atoms with Crippen LogP contribution in [0.5, 0.6) is 0 Å². The fourth-order valence-corrected chi connectivity index (χ4v) is 8.54. The summed E-state index contributed by atoms with van der Waals surface area (Å²) in [6.07, 6.45) is 6.80. The number of allylic oxidation sites excluding steroid dienone is 3. The third-order valence-electron chi connectivity index (χ3n) is 4.80. The summed E-state index contributed by atoms with van der Waals surface area (Å²) < 4.78 is 49.3. The first-order valence-corrected chi connectivity index (χ1v) is 11.1. The van der Waals surface area contributed by atoms with Gasteiger partial charge in [0.2, 0.25) is 0 Å². The Balaban J connectivity index is 2.51. The van der Waals surface area contributed by atoms with Crippen LogP contribution in [-0.2, 0) is 19.7 Å². The van der Waals surface area contributed by atoms with E-state index in [0.29, 0.717) is 12.8 Å². The van der Waals surface area contributed by atoms with Crippen LogP contribution in [-0.4, -0.2) is 36.0 Å². The van der Waals surface area contributed by atoms with E-state index in [0.717, 1.165) is 30.4 Å². The minimum absolute atomic E-state index is 0.172. The van der Waals surface area contributed by atoms with Crippen LogP contribution in [0, 0.1) is 0 Å². The largest absolute Gasteiger partial charge is 0.496 e. The van der Waals surface area contributed by atoms with Crippen molar-refractivity contribution in [1.82, 2.24) is 0 Å². The Kier molecular flexibility index (Phi) is 5.23. The number of hydrogen-bond acceptors (Lipinski definition) is 4. The number of rotatable bonds is 2. The molecule has 0 aromatic rings. The highest BCUT2D eigenvalue weighted by Crippen LogP contribution is 2.36. The summed E-state index contributed by atoms with van der Waals surface area (Å²) in [6, 6.07) is 0. The maximum atomic E-state index is 13.1. The van der Waals surface area contributed by atoms with Crippen molar-refractivity contribution in [2.75, 3.05) is 0 Å². The normalized spacial score (nSPS) is 26.3. The van der Waals surface area contributed by atoms with Crippen LogP contribution < -0.4 is 0 Å². The molecule has 6 nitrogen and oxygen atoms in total. The number of hydrogen-bond donors (Lipinski definition) is 0. The molecule has 1 unspecified atom stereocenters. The molecule has 0 aliphatic heterocycles. The molecule has 2 aliphatic carbocycles. The molecule has 24 heavy (non-hydrogen) atoms. The molecule has 0 bridgehead atoms. The SMILES string of the molecule is CC1=CC(C)(S(=O)(=O)C(=[N+]=[N-])S(=O)(=O)C2CCCCC2)CC(C)=C1. The highest BCUT2D eigenvalue weighted by molar-refractivity contribution is 8.31. The zero-order valence-electron chi connectivity index (χ0n) is 14.3. The van der Waals surface area contributed by atoms with Gasteiger partial charge in [0.1, 0.15) is 4.75 Å². The van der Waals surface area contributed by atoms with Crippen molar-refractivity contribution in [3.05, 3.63) is 28.8 Å². The van der Waals surface area contributed by atoms with Crippen molar-refractivity contribution in [2.45, 2.75) is 69.3 Å². The van der Waals surface area contributed by atoms with Gasteiger partial charge in [0.25, 0.3) is 19.7 Å². The molecule has 0 aromatic carbocycles. The standard InChI is InChI=1S/C16H24N2O4S2/c1-12-9-13(2)11-16(3,10-12)24(21,22)15(18-17)23(19,20)14-7-5-4-6-8-14/h9-10,14H,4-8,11H2,1-3H3. The average Bonchev–Trinajstić information content (AvgIpc) is 2.46. The average molecular weight is 373 g/mol. The second-order valence-electron chi connectivity index (χ2n) is 7.04. The molecule has 134 valence electrons. The third kappa shape index (κ3) is 3.27. The molecule has 0 heterocycles. The molecular weight excluding hydrogens is 348 g/mol. The van der Waals surface area contributed by atoms with E-state index in [9.17, 15) is 22.4 Å². The molecule has 0 aromatic heterocycles. The minimum atomic E-state index is -4.35. The van der Waals surface area contributed by atoms with E-state index in [1.54, 1.807) is 13.8 Å². The second kappa shape index (κ2) is 6.58. The lowest BCUT2D eigenvalue weighted by Gasteiger charge is -2.28. The molecule has 0 amide bonds. The molecule has 1 atom stereocenters. The van der Waals surface area contributed by atoms with Crippen LogP contribution >= 0.6 is 0 Å². The minimum Gasteiger partial charge on any atom is -0.359 e. The fraction of sp³-hybridized carbons (Fsp3) is 0.688. The lowest BCUT2D eigenvalue weighted by Crippen LogP contribution is -2.46. The van der Waals surface area contributed by atoms with Gasteiger partial charge in [-0.3, -0.25) is 0 Å². The molecule has 0 N–H and O–H groups in total. The Morgan fingerprint density at radius 2 is 1.75 bits per heavy atom. The molecule has 0 radical (unpaired) electrons. The molecule has 2 aliphatic rings. The van der Waals surface area contributed by atoms with Crippen molar-refractivity contribution < 1.29 is 21.6 Å². The number of nitrogens with zero attached hydrogens (tertiary/aromatic N) is 2. The van der Waals surface area contributed by atoms with Gasteiger partial charge >= 0.3 is 4.38 Å². The molecule has 1 fully saturated rings. The Morgan fingerprint density at radius 3 is 2.25 bits per heavy atom. The van der Waals surface area contributed by atoms with Crippen molar-refractivity contribution in [3.8, 4) is 0 Å². The van der Waals surface area contributed by atoms with Crippen LogP contribution in [0.1, 0.15) is 59.3 Å². The Hall–Kier alpha value is -1.24. The summed E-state index contributed by atoms with van der Waals surface area (Å²) >= 11 is 0. The van der Waals surface area contributed by atoms with Crippen LogP contribution in [0.25, 0.3) is 5.53 Å². The summed E-state index contributed by atoms with van der Waals surface area (Å²) in [6.45, 7) is 5.04. The van der Waals surface area contributed by atoms with Gasteiger partial charge in [-0.15, -0.1) is 4.79 Å². The predicted molar refractivity (Wildman–Crippen MR) is 93.9 cm³/mol. The smallest absolute Gasteiger partial charge is 0.359 e. The highest BCUT2D eigenvalue weighted by Gasteiger charge is 2.54. The van der Waals surface area contributed by atoms with Crippen LogP contribution in [0.3, 0.4) is 0 Å². The summed E-state index contributed by atoms with van der Waals surface area (Å²) in [4.78, 5) is 2.77. The summed E-state index contributed by atoms with van der Waals surface area (Å²) in [5, 5.41) is -0.791. The van der Waals surface area contributed by atoms with E-state index >= 15 is 0 Å². The van der Waals surface area contributed by atoms with Crippen molar-refractivity contribution in [3.63, 3.8) is 0 Å². The van der Waals surface area contributed by atoms with Gasteiger partial charge in [-0.2, -0.15) is 0 Å². The van der Waals surface area contributed by atoms with Crippen LogP contribution in [0.2, 0.25) is 0 Å². The zero-order chi connectivity index (χ0) is 18.2. The van der Waals surface area contributed by atoms with E-state index in [-0.39, 0.29) is 6.42 Å². The molecule has 0 saturated heterocycles. The van der Waals surface area contributed by atoms with Crippen molar-refractivity contribution >= 4 is 24.1 Å². The van der Waals surface area contributed by atoms with Gasteiger partial charge in [-0.1, -0.05) is 42.6 Å². The monoisotopic (exact) mass is 372 g/mol. The second-order valence-corrected chi connectivity index (χ2v) is 11.8. The summed E-state index contributed by atoms with van der Waals surface area (Å²) in [5.41, 5.74) is 10.9. The van der Waals surface area contributed by atoms with E-state index in [1.807, 2.05) is 6.08 Å². The quantitative estimate of drug-likeness (QED) is 0.321. The highest BCUT2D eigenvalue weighted by atomic mass is 32.3. The van der Waals surface area contributed by atoms with Gasteiger partial charge in [0.05, 0.1) is 5.25 Å². The summed E-state index contributed by atoms with van der Waals surface area (Å²) in [7, 11) is -8.54. The molecule has 8 heteroatoms. The predicted octanol–water partition coefficient (Wildman–Crippen LogP) is 2.79. The van der Waals surface area contributed by atoms with Gasteiger partial charge in [-0.25, -0.2) is 16.8 Å². The van der Waals surface area contributed by atoms with Gasteiger partial charge in [-0.05, 0) is 40.0 Å². The first-order chi connectivity index (χ1) is 11.0. The van der Waals surface area contributed by atoms with E-state index in [2.05, 4.69) is 4.79 Å². The lowest BCUT2D eigenvalue weighted by atomic mass is 9.92. The Bertz CT molecular complexity index is 841. The topological polar surface area (TPSA) is 105 Å². The van der Waals surface area contributed by atoms with E-state index in [4.69, 9.17) is 0 Å². The van der Waals surface area contributed by atoms with Gasteiger partial charge in [0.15, 0.2) is 0 Å². The first-order valence-electron chi connectivity index (χ1n) is 8.12. The van der Waals surface area contributed by atoms with Crippen LogP contribution in [0.15, 0.2) is 23.3 Å². The maximum Gasteiger partial charge on any atom is 0.496 e. The fourth-order valence-electron chi connectivity index (χ4n) is 3.72. The molecule has 1 saturated carbocycles. The van der Waals surface area contributed by atoms with E-state index < -0.39 is 34.0 Å². The van der Waals surface area contributed by atoms with Gasteiger partial charge in [0, 0.05) is 0 Å². The number of sulfone groups is 2. The van der Waals surface area contributed by atoms with Crippen molar-refractivity contribution in [2.24, 2.45) is 0 Å². The third-order valence-corrected chi connectivity index (χ3v) is 10.1. The molecule has 0 spiro atoms. The molecule has 2 rings (SSSR count). The zero-order valence-corrected chi connectivity index (χ0v) is 16.0. The van der Waals surface area contributed by atoms with E-state index in [1.165, 1.54) is 13.0 Å². The van der Waals surface area contributed by atoms with Crippen LogP contribution in [0.4, 0.5) is 0 Å².